The van der Waals surface area contributed by atoms with Gasteiger partial charge in [-0.25, -0.2) is 22.9 Å². The van der Waals surface area contributed by atoms with E-state index in [-0.39, 0.29) is 10.9 Å². The van der Waals surface area contributed by atoms with E-state index in [1.54, 1.807) is 41.2 Å². The van der Waals surface area contributed by atoms with E-state index in [1.807, 2.05) is 17.0 Å². The van der Waals surface area contributed by atoms with E-state index < -0.39 is 10.0 Å². The molecule has 2 aromatic heterocycles. The van der Waals surface area contributed by atoms with E-state index in [0.29, 0.717) is 44.3 Å². The Balaban J connectivity index is 1.23. The van der Waals surface area contributed by atoms with Gasteiger partial charge in [-0.3, -0.25) is 4.57 Å². The summed E-state index contributed by atoms with van der Waals surface area (Å²) in [5.41, 5.74) is 1.69. The lowest BCUT2D eigenvalue weighted by molar-refractivity contribution is 0.197. The van der Waals surface area contributed by atoms with E-state index in [0.717, 1.165) is 36.5 Å². The third-order valence-corrected chi connectivity index (χ3v) is 8.64. The smallest absolute Gasteiger partial charge is 0.328 e. The number of nitrogens with zero attached hydrogens (tertiary/aromatic N) is 5. The van der Waals surface area contributed by atoms with Crippen LogP contribution in [0.3, 0.4) is 0 Å². The van der Waals surface area contributed by atoms with Gasteiger partial charge in [0.1, 0.15) is 0 Å². The molecule has 2 fully saturated rings. The SMILES string of the molecule is CC(C)Nc1cccnc1N1CCN(C(=O)n2ccc3cc(S(=O)(=O)NCCN4CCCC4)ccc32)CC1. The van der Waals surface area contributed by atoms with Crippen LogP contribution in [-0.2, 0) is 10.0 Å². The number of amides is 1. The maximum atomic E-state index is 13.4. The molecular formula is C27H37N7O3S. The molecule has 10 nitrogen and oxygen atoms in total. The van der Waals surface area contributed by atoms with Crippen molar-refractivity contribution in [3.63, 3.8) is 0 Å². The minimum absolute atomic E-state index is 0.111. The summed E-state index contributed by atoms with van der Waals surface area (Å²) in [7, 11) is -3.62. The van der Waals surface area contributed by atoms with Gasteiger partial charge in [0.2, 0.25) is 10.0 Å². The lowest BCUT2D eigenvalue weighted by Gasteiger charge is -2.36. The molecule has 0 bridgehead atoms. The molecule has 1 amide bonds. The first-order valence-corrected chi connectivity index (χ1v) is 14.9. The molecule has 4 heterocycles. The van der Waals surface area contributed by atoms with Crippen LogP contribution in [0.5, 0.6) is 0 Å². The van der Waals surface area contributed by atoms with Crippen molar-refractivity contribution in [1.82, 2.24) is 24.1 Å². The van der Waals surface area contributed by atoms with Crippen LogP contribution in [0.1, 0.15) is 26.7 Å². The zero-order chi connectivity index (χ0) is 26.7. The summed E-state index contributed by atoms with van der Waals surface area (Å²) in [6.07, 6.45) is 5.87. The molecule has 0 atom stereocenters. The standard InChI is InChI=1S/C27H37N7O3S/c1-21(2)30-24-6-5-10-28-26(24)32-16-18-33(19-17-32)27(35)34-14-9-22-20-23(7-8-25(22)34)38(36,37)29-11-15-31-12-3-4-13-31/h5-10,14,20-21,29-30H,3-4,11-13,15-19H2,1-2H3. The van der Waals surface area contributed by atoms with Gasteiger partial charge in [0, 0.05) is 63.1 Å². The van der Waals surface area contributed by atoms with Crippen LogP contribution in [0.2, 0.25) is 0 Å². The molecule has 3 aromatic rings. The van der Waals surface area contributed by atoms with Crippen LogP contribution < -0.4 is 14.9 Å². The average Bonchev–Trinajstić information content (AvgIpc) is 3.58. The molecule has 11 heteroatoms. The second kappa shape index (κ2) is 11.3. The second-order valence-corrected chi connectivity index (χ2v) is 12.1. The van der Waals surface area contributed by atoms with Gasteiger partial charge in [-0.2, -0.15) is 0 Å². The van der Waals surface area contributed by atoms with E-state index in [2.05, 4.69) is 38.7 Å². The highest BCUT2D eigenvalue weighted by Crippen LogP contribution is 2.26. The van der Waals surface area contributed by atoms with Gasteiger partial charge >= 0.3 is 6.03 Å². The molecule has 0 saturated carbocycles. The number of hydrogen-bond acceptors (Lipinski definition) is 7. The largest absolute Gasteiger partial charge is 0.380 e. The van der Waals surface area contributed by atoms with Crippen LogP contribution in [0.4, 0.5) is 16.3 Å². The van der Waals surface area contributed by atoms with Gasteiger partial charge in [-0.15, -0.1) is 0 Å². The fourth-order valence-electron chi connectivity index (χ4n) is 5.22. The molecule has 2 saturated heterocycles. The van der Waals surface area contributed by atoms with Crippen LogP contribution in [0.25, 0.3) is 10.9 Å². The Hall–Kier alpha value is -3.15. The van der Waals surface area contributed by atoms with Crippen LogP contribution in [0.15, 0.2) is 53.7 Å². The monoisotopic (exact) mass is 539 g/mol. The van der Waals surface area contributed by atoms with Crippen molar-refractivity contribution < 1.29 is 13.2 Å². The maximum Gasteiger partial charge on any atom is 0.328 e. The van der Waals surface area contributed by atoms with E-state index >= 15 is 0 Å². The van der Waals surface area contributed by atoms with Crippen LogP contribution in [-0.4, -0.2) is 92.2 Å². The number of hydrogen-bond donors (Lipinski definition) is 2. The van der Waals surface area contributed by atoms with Crippen molar-refractivity contribution in [3.05, 3.63) is 48.8 Å². The van der Waals surface area contributed by atoms with Crippen molar-refractivity contribution in [2.24, 2.45) is 0 Å². The predicted octanol–water partition coefficient (Wildman–Crippen LogP) is 3.02. The number of piperazine rings is 1. The third-order valence-electron chi connectivity index (χ3n) is 7.18. The minimum atomic E-state index is -3.62. The number of carbonyl (C=O) groups is 1. The topological polar surface area (TPSA) is 103 Å². The van der Waals surface area contributed by atoms with E-state index in [4.69, 9.17) is 0 Å². The Morgan fingerprint density at radius 1 is 1.03 bits per heavy atom. The number of nitrogens with one attached hydrogen (secondary N) is 2. The van der Waals surface area contributed by atoms with Crippen molar-refractivity contribution >= 4 is 38.5 Å². The number of sulfonamides is 1. The molecule has 38 heavy (non-hydrogen) atoms. The first-order valence-electron chi connectivity index (χ1n) is 13.4. The summed E-state index contributed by atoms with van der Waals surface area (Å²) in [5.74, 6) is 0.905. The summed E-state index contributed by atoms with van der Waals surface area (Å²) in [4.78, 5) is 24.5. The van der Waals surface area contributed by atoms with Gasteiger partial charge in [-0.05, 0) is 76.2 Å². The lowest BCUT2D eigenvalue weighted by atomic mass is 10.2. The number of carbonyl (C=O) groups excluding carboxylic acids is 1. The molecule has 0 aliphatic carbocycles. The summed E-state index contributed by atoms with van der Waals surface area (Å²) in [6.45, 7) is 9.87. The zero-order valence-electron chi connectivity index (χ0n) is 22.1. The van der Waals surface area contributed by atoms with E-state index in [1.165, 1.54) is 12.8 Å². The average molecular weight is 540 g/mol. The normalized spacial score (nSPS) is 17.0. The Labute approximate surface area is 224 Å². The summed E-state index contributed by atoms with van der Waals surface area (Å²) < 4.78 is 30.0. The fourth-order valence-corrected chi connectivity index (χ4v) is 6.27. The molecule has 0 spiro atoms. The molecule has 0 radical (unpaired) electrons. The van der Waals surface area contributed by atoms with Gasteiger partial charge < -0.3 is 20.0 Å². The lowest BCUT2D eigenvalue weighted by Crippen LogP contribution is -2.50. The quantitative estimate of drug-likeness (QED) is 0.454. The highest BCUT2D eigenvalue weighted by atomic mass is 32.2. The number of likely N-dealkylation sites (tertiary alicyclic amines) is 1. The summed E-state index contributed by atoms with van der Waals surface area (Å²) in [5, 5.41) is 4.17. The number of fused-ring (bicyclic) bond motifs is 1. The number of aromatic nitrogens is 2. The number of rotatable bonds is 8. The zero-order valence-corrected chi connectivity index (χ0v) is 23.0. The second-order valence-electron chi connectivity index (χ2n) is 10.3. The van der Waals surface area contributed by atoms with Crippen LogP contribution >= 0.6 is 0 Å². The molecular weight excluding hydrogens is 502 g/mol. The molecule has 5 rings (SSSR count). The molecule has 0 unspecified atom stereocenters. The first kappa shape index (κ1) is 26.5. The van der Waals surface area contributed by atoms with Crippen LogP contribution in [0, 0.1) is 0 Å². The Kier molecular flexibility index (Phi) is 7.87. The Bertz CT molecular complexity index is 1370. The third kappa shape index (κ3) is 5.79. The fraction of sp³-hybridized carbons (Fsp3) is 0.481. The molecule has 1 aromatic carbocycles. The van der Waals surface area contributed by atoms with Gasteiger partial charge in [0.15, 0.2) is 5.82 Å². The number of benzene rings is 1. The van der Waals surface area contributed by atoms with Gasteiger partial charge in [-0.1, -0.05) is 0 Å². The van der Waals surface area contributed by atoms with Crippen molar-refractivity contribution in [3.8, 4) is 0 Å². The number of pyridine rings is 1. The van der Waals surface area contributed by atoms with Crippen molar-refractivity contribution in [1.29, 1.82) is 0 Å². The maximum absolute atomic E-state index is 13.4. The van der Waals surface area contributed by atoms with Crippen molar-refractivity contribution in [2.45, 2.75) is 37.6 Å². The minimum Gasteiger partial charge on any atom is -0.380 e. The van der Waals surface area contributed by atoms with E-state index in [9.17, 15) is 13.2 Å². The van der Waals surface area contributed by atoms with Gasteiger partial charge in [0.25, 0.3) is 0 Å². The Morgan fingerprint density at radius 2 is 1.79 bits per heavy atom. The highest BCUT2D eigenvalue weighted by Gasteiger charge is 2.25. The first-order chi connectivity index (χ1) is 18.3. The molecule has 2 aliphatic rings. The van der Waals surface area contributed by atoms with Gasteiger partial charge in [0.05, 0.1) is 16.1 Å². The predicted molar refractivity (Wildman–Crippen MR) is 150 cm³/mol. The molecule has 204 valence electrons. The van der Waals surface area contributed by atoms with Crippen molar-refractivity contribution in [2.75, 3.05) is 62.6 Å². The highest BCUT2D eigenvalue weighted by molar-refractivity contribution is 7.89. The molecule has 2 aliphatic heterocycles. The molecule has 2 N–H and O–H groups in total. The number of anilines is 2. The summed E-state index contributed by atoms with van der Waals surface area (Å²) in [6, 6.07) is 10.9. The Morgan fingerprint density at radius 3 is 2.53 bits per heavy atom. The summed E-state index contributed by atoms with van der Waals surface area (Å²) >= 11 is 0.